The van der Waals surface area contributed by atoms with Crippen LogP contribution < -0.4 is 4.90 Å². The third kappa shape index (κ3) is 3.15. The average molecular weight is 359 g/mol. The molecule has 2 aromatic rings. The number of anilines is 1. The summed E-state index contributed by atoms with van der Waals surface area (Å²) in [4.78, 5) is 23.5. The quantitative estimate of drug-likeness (QED) is 0.785. The van der Waals surface area contributed by atoms with Crippen molar-refractivity contribution < 1.29 is 9.53 Å². The number of carbonyl (C=O) groups is 1. The maximum absolute atomic E-state index is 12.2. The van der Waals surface area contributed by atoms with Crippen LogP contribution in [0.25, 0.3) is 11.0 Å². The summed E-state index contributed by atoms with van der Waals surface area (Å²) in [5, 5.41) is 5.50. The van der Waals surface area contributed by atoms with Gasteiger partial charge < -0.3 is 9.64 Å². The molecule has 2 aromatic heterocycles. The second kappa shape index (κ2) is 6.52. The molecule has 0 aromatic carbocycles. The van der Waals surface area contributed by atoms with Crippen molar-refractivity contribution in [3.05, 3.63) is 12.5 Å². The zero-order valence-electron chi connectivity index (χ0n) is 16.6. The van der Waals surface area contributed by atoms with Crippen LogP contribution in [0.1, 0.15) is 47.5 Å². The van der Waals surface area contributed by atoms with Crippen molar-refractivity contribution >= 4 is 22.8 Å². The van der Waals surface area contributed by atoms with Crippen molar-refractivity contribution in [1.82, 2.24) is 19.7 Å². The van der Waals surface area contributed by atoms with Gasteiger partial charge >= 0.3 is 5.97 Å². The maximum Gasteiger partial charge on any atom is 0.311 e. The van der Waals surface area contributed by atoms with Crippen molar-refractivity contribution in [3.8, 4) is 0 Å². The monoisotopic (exact) mass is 359 g/mol. The van der Waals surface area contributed by atoms with Gasteiger partial charge in [0.1, 0.15) is 12.1 Å². The zero-order valence-corrected chi connectivity index (χ0v) is 16.6. The summed E-state index contributed by atoms with van der Waals surface area (Å²) in [6.45, 7) is 12.0. The number of rotatable bonds is 3. The molecule has 0 bridgehead atoms. The lowest BCUT2D eigenvalue weighted by atomic mass is 9.74. The molecule has 3 rings (SSSR count). The minimum absolute atomic E-state index is 0.148. The van der Waals surface area contributed by atoms with Gasteiger partial charge in [-0.15, -0.1) is 0 Å². The van der Waals surface area contributed by atoms with E-state index in [1.54, 1.807) is 6.33 Å². The molecule has 1 atom stereocenters. The Balaban J connectivity index is 1.94. The predicted octanol–water partition coefficient (Wildman–Crippen LogP) is 3.00. The molecule has 142 valence electrons. The van der Waals surface area contributed by atoms with Crippen LogP contribution >= 0.6 is 0 Å². The first-order chi connectivity index (χ1) is 12.2. The molecule has 1 aliphatic heterocycles. The van der Waals surface area contributed by atoms with Gasteiger partial charge in [-0.05, 0) is 53.4 Å². The summed E-state index contributed by atoms with van der Waals surface area (Å²) in [5.41, 5.74) is 0.177. The summed E-state index contributed by atoms with van der Waals surface area (Å²) in [6.07, 6.45) is 5.49. The highest BCUT2D eigenvalue weighted by atomic mass is 16.5. The molecule has 0 aliphatic carbocycles. The third-order valence-electron chi connectivity index (χ3n) is 5.43. The molecule has 7 heteroatoms. The SMILES string of the molecule is COC(=O)C(C)(C)C1CCCN(c2ncnc3c2cnn3C(C)(C)C)C1. The van der Waals surface area contributed by atoms with Gasteiger partial charge in [-0.3, -0.25) is 4.79 Å². The Morgan fingerprint density at radius 2 is 1.96 bits per heavy atom. The number of piperidine rings is 1. The Hall–Kier alpha value is -2.18. The molecule has 3 heterocycles. The van der Waals surface area contributed by atoms with Gasteiger partial charge in [-0.1, -0.05) is 0 Å². The molecule has 0 N–H and O–H groups in total. The minimum atomic E-state index is -0.519. The molecule has 7 nitrogen and oxygen atoms in total. The van der Waals surface area contributed by atoms with E-state index >= 15 is 0 Å². The van der Waals surface area contributed by atoms with Crippen LogP contribution in [0.4, 0.5) is 5.82 Å². The van der Waals surface area contributed by atoms with Crippen LogP contribution in [0, 0.1) is 11.3 Å². The van der Waals surface area contributed by atoms with E-state index in [2.05, 4.69) is 40.7 Å². The highest BCUT2D eigenvalue weighted by Gasteiger charge is 2.40. The average Bonchev–Trinajstić information content (AvgIpc) is 3.05. The number of methoxy groups -OCH3 is 1. The van der Waals surface area contributed by atoms with Crippen molar-refractivity contribution in [2.45, 2.75) is 53.0 Å². The minimum Gasteiger partial charge on any atom is -0.469 e. The van der Waals surface area contributed by atoms with Crippen LogP contribution in [-0.2, 0) is 15.1 Å². The van der Waals surface area contributed by atoms with Crippen molar-refractivity contribution in [1.29, 1.82) is 0 Å². The van der Waals surface area contributed by atoms with E-state index in [0.29, 0.717) is 0 Å². The van der Waals surface area contributed by atoms with Gasteiger partial charge in [0, 0.05) is 13.1 Å². The number of carbonyl (C=O) groups excluding carboxylic acids is 1. The van der Waals surface area contributed by atoms with E-state index in [9.17, 15) is 4.79 Å². The molecule has 1 fully saturated rings. The lowest BCUT2D eigenvalue weighted by molar-refractivity contribution is -0.154. The number of hydrogen-bond donors (Lipinski definition) is 0. The van der Waals surface area contributed by atoms with Crippen LogP contribution in [0.2, 0.25) is 0 Å². The summed E-state index contributed by atoms with van der Waals surface area (Å²) >= 11 is 0. The standard InChI is InChI=1S/C19H29N5O2/c1-18(2,3)24-16-14(10-22-24)15(20-12-21-16)23-9-7-8-13(11-23)19(4,5)17(25)26-6/h10,12-13H,7-9,11H2,1-6H3. The zero-order chi connectivity index (χ0) is 19.1. The molecule has 0 saturated carbocycles. The summed E-state index contributed by atoms with van der Waals surface area (Å²) in [5.74, 6) is 0.958. The molecular formula is C19H29N5O2. The fourth-order valence-corrected chi connectivity index (χ4v) is 3.76. The Bertz CT molecular complexity index is 806. The number of aromatic nitrogens is 4. The number of fused-ring (bicyclic) bond motifs is 1. The highest BCUT2D eigenvalue weighted by Crippen LogP contribution is 2.37. The predicted molar refractivity (Wildman–Crippen MR) is 101 cm³/mol. The largest absolute Gasteiger partial charge is 0.469 e. The fraction of sp³-hybridized carbons (Fsp3) is 0.684. The van der Waals surface area contributed by atoms with Crippen molar-refractivity contribution in [3.63, 3.8) is 0 Å². The van der Waals surface area contributed by atoms with Crippen LogP contribution in [-0.4, -0.2) is 45.9 Å². The van der Waals surface area contributed by atoms with Crippen LogP contribution in [0.3, 0.4) is 0 Å². The van der Waals surface area contributed by atoms with Crippen molar-refractivity contribution in [2.75, 3.05) is 25.1 Å². The Kier molecular flexibility index (Phi) is 4.67. The normalized spacial score (nSPS) is 19.0. The molecular weight excluding hydrogens is 330 g/mol. The Morgan fingerprint density at radius 1 is 1.23 bits per heavy atom. The molecule has 0 spiro atoms. The topological polar surface area (TPSA) is 73.1 Å². The Labute approximate surface area is 154 Å². The molecule has 1 aliphatic rings. The lowest BCUT2D eigenvalue weighted by Crippen LogP contribution is -2.45. The first kappa shape index (κ1) is 18.6. The lowest BCUT2D eigenvalue weighted by Gasteiger charge is -2.40. The smallest absolute Gasteiger partial charge is 0.311 e. The highest BCUT2D eigenvalue weighted by molar-refractivity contribution is 5.87. The number of esters is 1. The molecule has 26 heavy (non-hydrogen) atoms. The second-order valence-corrected chi connectivity index (χ2v) is 8.66. The molecule has 1 unspecified atom stereocenters. The fourth-order valence-electron chi connectivity index (χ4n) is 3.76. The van der Waals surface area contributed by atoms with Crippen LogP contribution in [0.5, 0.6) is 0 Å². The number of nitrogens with zero attached hydrogens (tertiary/aromatic N) is 5. The summed E-state index contributed by atoms with van der Waals surface area (Å²) < 4.78 is 6.96. The molecule has 0 amide bonds. The maximum atomic E-state index is 12.2. The van der Waals surface area contributed by atoms with E-state index in [-0.39, 0.29) is 17.4 Å². The molecule has 1 saturated heterocycles. The van der Waals surface area contributed by atoms with Gasteiger partial charge in [-0.2, -0.15) is 5.10 Å². The summed E-state index contributed by atoms with van der Waals surface area (Å²) in [6, 6.07) is 0. The number of ether oxygens (including phenoxy) is 1. The second-order valence-electron chi connectivity index (χ2n) is 8.66. The molecule has 0 radical (unpaired) electrons. The van der Waals surface area contributed by atoms with Gasteiger partial charge in [0.2, 0.25) is 0 Å². The van der Waals surface area contributed by atoms with Gasteiger partial charge in [0.25, 0.3) is 0 Å². The van der Waals surface area contributed by atoms with Gasteiger partial charge in [0.05, 0.1) is 29.6 Å². The van der Waals surface area contributed by atoms with E-state index in [4.69, 9.17) is 4.74 Å². The first-order valence-corrected chi connectivity index (χ1v) is 9.19. The third-order valence-corrected chi connectivity index (χ3v) is 5.43. The van der Waals surface area contributed by atoms with E-state index in [1.807, 2.05) is 24.7 Å². The van der Waals surface area contributed by atoms with E-state index < -0.39 is 5.41 Å². The van der Waals surface area contributed by atoms with Crippen molar-refractivity contribution in [2.24, 2.45) is 11.3 Å². The Morgan fingerprint density at radius 3 is 2.62 bits per heavy atom. The first-order valence-electron chi connectivity index (χ1n) is 9.19. The summed E-state index contributed by atoms with van der Waals surface area (Å²) in [7, 11) is 1.46. The van der Waals surface area contributed by atoms with Gasteiger partial charge in [-0.25, -0.2) is 14.6 Å². The van der Waals surface area contributed by atoms with E-state index in [1.165, 1.54) is 7.11 Å². The van der Waals surface area contributed by atoms with E-state index in [0.717, 1.165) is 42.8 Å². The van der Waals surface area contributed by atoms with Crippen LogP contribution in [0.15, 0.2) is 12.5 Å². The number of hydrogen-bond acceptors (Lipinski definition) is 6. The van der Waals surface area contributed by atoms with Gasteiger partial charge in [0.15, 0.2) is 5.65 Å².